The summed E-state index contributed by atoms with van der Waals surface area (Å²) in [6.45, 7) is 5.69. The number of nitrogens with zero attached hydrogens (tertiary/aromatic N) is 7. The van der Waals surface area contributed by atoms with Crippen LogP contribution in [0.15, 0.2) is 11.4 Å². The topological polar surface area (TPSA) is 170 Å². The van der Waals surface area contributed by atoms with Gasteiger partial charge in [-0.3, -0.25) is 14.2 Å². The maximum atomic E-state index is 12.4. The monoisotopic (exact) mass is 419 g/mol. The zero-order valence-electron chi connectivity index (χ0n) is 16.8. The van der Waals surface area contributed by atoms with Gasteiger partial charge in [-0.05, 0) is 31.4 Å². The van der Waals surface area contributed by atoms with Crippen molar-refractivity contribution in [1.82, 2.24) is 24.8 Å². The molecule has 2 fully saturated rings. The molecule has 2 aromatic heterocycles. The number of likely N-dealkylation sites (N-methyl/N-ethyl adjacent to an activating group) is 1. The standard InChI is InChI=1S/C16H21N9O5/c1-5-27-23-11-7-12(21-15(20-11)22-24-17)25(6-19-7)14-10-8(29-16(2,3)30-10)9(28-14)13(26)18-4/h6,8-10,14H,5H2,1-4H3,(H,18,26)(H,20,21,23)/t8-,9+,10-,14-/m1/s1. The Morgan fingerprint density at radius 3 is 2.87 bits per heavy atom. The molecule has 0 unspecified atom stereocenters. The second-order valence-corrected chi connectivity index (χ2v) is 7.05. The largest absolute Gasteiger partial charge is 0.357 e. The minimum atomic E-state index is -0.896. The smallest absolute Gasteiger partial charge is 0.251 e. The molecule has 14 heteroatoms. The van der Waals surface area contributed by atoms with Gasteiger partial charge in [0.05, 0.1) is 12.9 Å². The summed E-state index contributed by atoms with van der Waals surface area (Å²) in [6, 6.07) is 0. The van der Waals surface area contributed by atoms with Crippen molar-refractivity contribution in [2.45, 2.75) is 51.1 Å². The van der Waals surface area contributed by atoms with Crippen LogP contribution in [0.5, 0.6) is 0 Å². The number of carbonyl (C=O) groups is 1. The summed E-state index contributed by atoms with van der Waals surface area (Å²) < 4.78 is 19.5. The SMILES string of the molecule is CCONc1nc(N=[N+]=[N-])nc2c1ncn2[C@@H]1O[C@H](C(=O)NC)[C@H]2OC(C)(C)O[C@H]21. The third-order valence-electron chi connectivity index (χ3n) is 4.67. The van der Waals surface area contributed by atoms with Gasteiger partial charge in [0.2, 0.25) is 5.95 Å². The molecule has 4 atom stereocenters. The van der Waals surface area contributed by atoms with Gasteiger partial charge in [0.15, 0.2) is 35.1 Å². The number of aromatic nitrogens is 4. The molecule has 2 aliphatic heterocycles. The number of carbonyl (C=O) groups excluding carboxylic acids is 1. The lowest BCUT2D eigenvalue weighted by molar-refractivity contribution is -0.197. The molecule has 0 radical (unpaired) electrons. The maximum Gasteiger partial charge on any atom is 0.251 e. The van der Waals surface area contributed by atoms with E-state index in [2.05, 4.69) is 35.8 Å². The molecule has 2 saturated heterocycles. The average molecular weight is 419 g/mol. The molecule has 30 heavy (non-hydrogen) atoms. The van der Waals surface area contributed by atoms with Gasteiger partial charge in [-0.15, -0.1) is 0 Å². The predicted molar refractivity (Wildman–Crippen MR) is 101 cm³/mol. The summed E-state index contributed by atoms with van der Waals surface area (Å²) in [5.41, 5.74) is 12.1. The van der Waals surface area contributed by atoms with Crippen LogP contribution in [0.1, 0.15) is 27.0 Å². The van der Waals surface area contributed by atoms with Gasteiger partial charge in [-0.1, -0.05) is 0 Å². The molecule has 160 valence electrons. The molecule has 2 aromatic rings. The van der Waals surface area contributed by atoms with Gasteiger partial charge >= 0.3 is 0 Å². The first kappa shape index (κ1) is 20.3. The highest BCUT2D eigenvalue weighted by atomic mass is 16.8. The lowest BCUT2D eigenvalue weighted by atomic mass is 10.1. The minimum Gasteiger partial charge on any atom is -0.357 e. The normalized spacial score (nSPS) is 26.9. The number of hydrogen-bond donors (Lipinski definition) is 2. The molecule has 0 bridgehead atoms. The van der Waals surface area contributed by atoms with Crippen molar-refractivity contribution in [3.05, 3.63) is 16.8 Å². The van der Waals surface area contributed by atoms with E-state index >= 15 is 0 Å². The molecule has 0 aromatic carbocycles. The van der Waals surface area contributed by atoms with Crippen LogP contribution >= 0.6 is 0 Å². The van der Waals surface area contributed by atoms with Crippen LogP contribution in [0.2, 0.25) is 0 Å². The van der Waals surface area contributed by atoms with Gasteiger partial charge in [-0.2, -0.15) is 0 Å². The van der Waals surface area contributed by atoms with Crippen molar-refractivity contribution < 1.29 is 23.8 Å². The van der Waals surface area contributed by atoms with Crippen molar-refractivity contribution in [1.29, 1.82) is 0 Å². The van der Waals surface area contributed by atoms with E-state index in [1.165, 1.54) is 13.4 Å². The van der Waals surface area contributed by atoms with Crippen molar-refractivity contribution in [2.75, 3.05) is 19.1 Å². The fraction of sp³-hybridized carbons (Fsp3) is 0.625. The predicted octanol–water partition coefficient (Wildman–Crippen LogP) is 1.29. The molecular weight excluding hydrogens is 398 g/mol. The summed E-state index contributed by atoms with van der Waals surface area (Å²) in [6.07, 6.45) is -1.39. The van der Waals surface area contributed by atoms with Crippen LogP contribution in [0.3, 0.4) is 0 Å². The Kier molecular flexibility index (Phi) is 5.17. The first-order valence-electron chi connectivity index (χ1n) is 9.28. The number of rotatable bonds is 6. The van der Waals surface area contributed by atoms with Crippen LogP contribution in [0, 0.1) is 0 Å². The minimum absolute atomic E-state index is 0.129. The number of ether oxygens (including phenoxy) is 3. The summed E-state index contributed by atoms with van der Waals surface area (Å²) in [5, 5.41) is 6.06. The van der Waals surface area contributed by atoms with E-state index in [0.717, 1.165) is 0 Å². The zero-order valence-corrected chi connectivity index (χ0v) is 16.8. The van der Waals surface area contributed by atoms with Crippen LogP contribution in [0.25, 0.3) is 21.6 Å². The molecule has 4 rings (SSSR count). The molecule has 4 heterocycles. The zero-order chi connectivity index (χ0) is 21.5. The number of imidazole rings is 1. The van der Waals surface area contributed by atoms with Crippen molar-refractivity contribution in [3.8, 4) is 0 Å². The summed E-state index contributed by atoms with van der Waals surface area (Å²) >= 11 is 0. The van der Waals surface area contributed by atoms with Crippen LogP contribution in [-0.4, -0.2) is 63.2 Å². The molecule has 2 N–H and O–H groups in total. The third kappa shape index (κ3) is 3.40. The van der Waals surface area contributed by atoms with Gasteiger partial charge in [-0.25, -0.2) is 20.4 Å². The summed E-state index contributed by atoms with van der Waals surface area (Å²) in [5.74, 6) is -1.13. The summed E-state index contributed by atoms with van der Waals surface area (Å²) in [7, 11) is 1.52. The fourth-order valence-electron chi connectivity index (χ4n) is 3.54. The van der Waals surface area contributed by atoms with Gasteiger partial charge in [0, 0.05) is 12.0 Å². The first-order valence-corrected chi connectivity index (χ1v) is 9.28. The molecular formula is C16H21N9O5. The first-order chi connectivity index (χ1) is 14.4. The molecule has 0 saturated carbocycles. The average Bonchev–Trinajstić information content (AvgIpc) is 3.36. The highest BCUT2D eigenvalue weighted by Crippen LogP contribution is 2.44. The van der Waals surface area contributed by atoms with E-state index in [-0.39, 0.29) is 17.7 Å². The Morgan fingerprint density at radius 2 is 2.17 bits per heavy atom. The number of fused-ring (bicyclic) bond motifs is 2. The third-order valence-corrected chi connectivity index (χ3v) is 4.67. The Morgan fingerprint density at radius 1 is 1.40 bits per heavy atom. The van der Waals surface area contributed by atoms with E-state index in [1.807, 2.05) is 0 Å². The second-order valence-electron chi connectivity index (χ2n) is 7.05. The van der Waals surface area contributed by atoms with Crippen LogP contribution in [0.4, 0.5) is 11.8 Å². The van der Waals surface area contributed by atoms with Crippen LogP contribution < -0.4 is 10.8 Å². The Hall–Kier alpha value is -3.03. The molecule has 1 amide bonds. The van der Waals surface area contributed by atoms with E-state index in [9.17, 15) is 4.79 Å². The Bertz CT molecular complexity index is 1020. The number of azide groups is 1. The molecule has 14 nitrogen and oxygen atoms in total. The number of hydrogen-bond acceptors (Lipinski definition) is 10. The Labute approximate surface area is 170 Å². The lowest BCUT2D eigenvalue weighted by Gasteiger charge is -2.24. The quantitative estimate of drug-likeness (QED) is 0.303. The highest BCUT2D eigenvalue weighted by Gasteiger charge is 2.58. The van der Waals surface area contributed by atoms with Gasteiger partial charge in [0.1, 0.15) is 12.2 Å². The fourth-order valence-corrected chi connectivity index (χ4v) is 3.54. The van der Waals surface area contributed by atoms with E-state index in [1.54, 1.807) is 25.3 Å². The molecule has 0 spiro atoms. The van der Waals surface area contributed by atoms with Gasteiger partial charge in [0.25, 0.3) is 5.91 Å². The summed E-state index contributed by atoms with van der Waals surface area (Å²) in [4.78, 5) is 33.0. The van der Waals surface area contributed by atoms with E-state index in [4.69, 9.17) is 24.6 Å². The Balaban J connectivity index is 1.79. The van der Waals surface area contributed by atoms with Crippen molar-refractivity contribution in [3.63, 3.8) is 0 Å². The number of amides is 1. The maximum absolute atomic E-state index is 12.4. The van der Waals surface area contributed by atoms with Gasteiger partial charge < -0.3 is 19.5 Å². The van der Waals surface area contributed by atoms with E-state index < -0.39 is 30.3 Å². The number of anilines is 1. The molecule has 0 aliphatic carbocycles. The number of nitrogens with one attached hydrogen (secondary N) is 2. The highest BCUT2D eigenvalue weighted by molar-refractivity contribution is 5.84. The molecule has 2 aliphatic rings. The van der Waals surface area contributed by atoms with Crippen LogP contribution in [-0.2, 0) is 23.8 Å². The van der Waals surface area contributed by atoms with Crippen molar-refractivity contribution in [2.24, 2.45) is 5.11 Å². The van der Waals surface area contributed by atoms with E-state index in [0.29, 0.717) is 17.8 Å². The van der Waals surface area contributed by atoms with Crippen molar-refractivity contribution >= 4 is 28.8 Å². The second kappa shape index (κ2) is 7.66. The lowest BCUT2D eigenvalue weighted by Crippen LogP contribution is -2.41.